The summed E-state index contributed by atoms with van der Waals surface area (Å²) in [6, 6.07) is 3.81. The molecule has 0 unspecified atom stereocenters. The number of nitrogens with zero attached hydrogens (tertiary/aromatic N) is 2. The summed E-state index contributed by atoms with van der Waals surface area (Å²) in [4.78, 5) is 29.3. The smallest absolute Gasteiger partial charge is 0.320 e. The fourth-order valence-electron chi connectivity index (χ4n) is 1.77. The standard InChI is InChI=1S/C14H20N2O3/c1-14(2,13(18)19-4)12(17)16(3)10-7-11-5-8-15-9-6-11/h5-6,8-9H,7,10H2,1-4H3. The molecule has 1 aromatic rings. The topological polar surface area (TPSA) is 59.5 Å². The van der Waals surface area contributed by atoms with Crippen molar-refractivity contribution in [3.05, 3.63) is 30.1 Å². The van der Waals surface area contributed by atoms with Gasteiger partial charge in [0.15, 0.2) is 0 Å². The number of amides is 1. The molecule has 1 amide bonds. The van der Waals surface area contributed by atoms with Crippen molar-refractivity contribution in [1.82, 2.24) is 9.88 Å². The quantitative estimate of drug-likeness (QED) is 0.594. The Morgan fingerprint density at radius 1 is 1.32 bits per heavy atom. The molecule has 1 aromatic heterocycles. The van der Waals surface area contributed by atoms with E-state index >= 15 is 0 Å². The van der Waals surface area contributed by atoms with Crippen LogP contribution in [-0.4, -0.2) is 42.5 Å². The van der Waals surface area contributed by atoms with E-state index in [9.17, 15) is 9.59 Å². The van der Waals surface area contributed by atoms with Crippen LogP contribution in [0, 0.1) is 5.41 Å². The van der Waals surface area contributed by atoms with Crippen LogP contribution in [0.1, 0.15) is 19.4 Å². The molecule has 0 N–H and O–H groups in total. The zero-order valence-corrected chi connectivity index (χ0v) is 11.8. The van der Waals surface area contributed by atoms with Crippen molar-refractivity contribution in [1.29, 1.82) is 0 Å². The first-order valence-electron chi connectivity index (χ1n) is 6.12. The van der Waals surface area contributed by atoms with E-state index in [-0.39, 0.29) is 5.91 Å². The summed E-state index contributed by atoms with van der Waals surface area (Å²) in [6.45, 7) is 3.69. The molecule has 5 heteroatoms. The second-order valence-corrected chi connectivity index (χ2v) is 4.95. The lowest BCUT2D eigenvalue weighted by Gasteiger charge is -2.27. The van der Waals surface area contributed by atoms with Crippen molar-refractivity contribution in [3.8, 4) is 0 Å². The van der Waals surface area contributed by atoms with Gasteiger partial charge in [-0.1, -0.05) is 0 Å². The average molecular weight is 264 g/mol. The predicted octanol–water partition coefficient (Wildman–Crippen LogP) is 1.28. The molecule has 0 aliphatic heterocycles. The highest BCUT2D eigenvalue weighted by Gasteiger charge is 2.39. The number of carbonyl (C=O) groups excluding carboxylic acids is 2. The highest BCUT2D eigenvalue weighted by molar-refractivity contribution is 6.01. The van der Waals surface area contributed by atoms with Crippen LogP contribution in [0.2, 0.25) is 0 Å². The molecule has 0 saturated carbocycles. The van der Waals surface area contributed by atoms with Gasteiger partial charge in [-0.3, -0.25) is 14.6 Å². The first-order valence-corrected chi connectivity index (χ1v) is 6.12. The molecule has 0 aliphatic rings. The minimum absolute atomic E-state index is 0.242. The SMILES string of the molecule is COC(=O)C(C)(C)C(=O)N(C)CCc1ccncc1. The summed E-state index contributed by atoms with van der Waals surface area (Å²) in [6.07, 6.45) is 4.16. The number of rotatable bonds is 5. The molecule has 0 aliphatic carbocycles. The van der Waals surface area contributed by atoms with Crippen LogP contribution in [0.4, 0.5) is 0 Å². The number of carbonyl (C=O) groups is 2. The highest BCUT2D eigenvalue weighted by Crippen LogP contribution is 2.20. The molecule has 19 heavy (non-hydrogen) atoms. The maximum atomic E-state index is 12.2. The number of methoxy groups -OCH3 is 1. The van der Waals surface area contributed by atoms with Crippen LogP contribution in [0.3, 0.4) is 0 Å². The number of ether oxygens (including phenoxy) is 1. The zero-order valence-electron chi connectivity index (χ0n) is 11.8. The van der Waals surface area contributed by atoms with E-state index in [0.29, 0.717) is 6.54 Å². The Labute approximate surface area is 113 Å². The Bertz CT molecular complexity index is 443. The zero-order chi connectivity index (χ0) is 14.5. The number of hydrogen-bond donors (Lipinski definition) is 0. The van der Waals surface area contributed by atoms with E-state index < -0.39 is 11.4 Å². The second-order valence-electron chi connectivity index (χ2n) is 4.95. The van der Waals surface area contributed by atoms with Crippen LogP contribution >= 0.6 is 0 Å². The Hall–Kier alpha value is -1.91. The van der Waals surface area contributed by atoms with Crippen molar-refractivity contribution in [2.75, 3.05) is 20.7 Å². The summed E-state index contributed by atoms with van der Waals surface area (Å²) in [5.74, 6) is -0.762. The number of hydrogen-bond acceptors (Lipinski definition) is 4. The minimum atomic E-state index is -1.15. The molecule has 0 spiro atoms. The van der Waals surface area contributed by atoms with Gasteiger partial charge in [-0.25, -0.2) is 0 Å². The van der Waals surface area contributed by atoms with E-state index in [4.69, 9.17) is 0 Å². The molecule has 0 atom stereocenters. The first kappa shape index (κ1) is 15.1. The minimum Gasteiger partial charge on any atom is -0.468 e. The molecule has 0 radical (unpaired) electrons. The van der Waals surface area contributed by atoms with Gasteiger partial charge in [-0.2, -0.15) is 0 Å². The van der Waals surface area contributed by atoms with Gasteiger partial charge >= 0.3 is 5.97 Å². The number of esters is 1. The van der Waals surface area contributed by atoms with Gasteiger partial charge in [0.25, 0.3) is 0 Å². The third kappa shape index (κ3) is 3.77. The van der Waals surface area contributed by atoms with Crippen LogP contribution in [0.5, 0.6) is 0 Å². The van der Waals surface area contributed by atoms with Gasteiger partial charge in [-0.15, -0.1) is 0 Å². The lowest BCUT2D eigenvalue weighted by atomic mass is 9.92. The molecule has 1 heterocycles. The van der Waals surface area contributed by atoms with E-state index in [1.807, 2.05) is 12.1 Å². The fourth-order valence-corrected chi connectivity index (χ4v) is 1.77. The summed E-state index contributed by atoms with van der Waals surface area (Å²) < 4.78 is 4.65. The third-order valence-corrected chi connectivity index (χ3v) is 3.06. The molecule has 0 bridgehead atoms. The molecule has 0 aromatic carbocycles. The van der Waals surface area contributed by atoms with Crippen molar-refractivity contribution in [2.24, 2.45) is 5.41 Å². The summed E-state index contributed by atoms with van der Waals surface area (Å²) in [7, 11) is 2.97. The molecule has 5 nitrogen and oxygen atoms in total. The van der Waals surface area contributed by atoms with E-state index in [1.54, 1.807) is 38.2 Å². The summed E-state index contributed by atoms with van der Waals surface area (Å²) >= 11 is 0. The van der Waals surface area contributed by atoms with Crippen molar-refractivity contribution < 1.29 is 14.3 Å². The molecule has 0 fully saturated rings. The fraction of sp³-hybridized carbons (Fsp3) is 0.500. The van der Waals surface area contributed by atoms with Crippen molar-refractivity contribution in [3.63, 3.8) is 0 Å². The molecular formula is C14H20N2O3. The van der Waals surface area contributed by atoms with Gasteiger partial charge in [0.2, 0.25) is 5.91 Å². The third-order valence-electron chi connectivity index (χ3n) is 3.06. The largest absolute Gasteiger partial charge is 0.468 e. The van der Waals surface area contributed by atoms with Gasteiger partial charge in [0.1, 0.15) is 5.41 Å². The Morgan fingerprint density at radius 3 is 2.42 bits per heavy atom. The second kappa shape index (κ2) is 6.31. The maximum absolute atomic E-state index is 12.2. The van der Waals surface area contributed by atoms with Gasteiger partial charge in [0, 0.05) is 26.0 Å². The molecule has 1 rings (SSSR count). The lowest BCUT2D eigenvalue weighted by molar-refractivity contribution is -0.160. The number of pyridine rings is 1. The van der Waals surface area contributed by atoms with Crippen LogP contribution in [-0.2, 0) is 20.7 Å². The van der Waals surface area contributed by atoms with Crippen LogP contribution < -0.4 is 0 Å². The maximum Gasteiger partial charge on any atom is 0.320 e. The molecule has 104 valence electrons. The van der Waals surface area contributed by atoms with E-state index in [0.717, 1.165) is 12.0 Å². The van der Waals surface area contributed by atoms with Crippen molar-refractivity contribution in [2.45, 2.75) is 20.3 Å². The average Bonchev–Trinajstić information content (AvgIpc) is 2.43. The highest BCUT2D eigenvalue weighted by atomic mass is 16.5. The lowest BCUT2D eigenvalue weighted by Crippen LogP contribution is -2.44. The van der Waals surface area contributed by atoms with Crippen molar-refractivity contribution >= 4 is 11.9 Å². The van der Waals surface area contributed by atoms with Gasteiger partial charge in [0.05, 0.1) is 7.11 Å². The Kier molecular flexibility index (Phi) is 5.03. The summed E-state index contributed by atoms with van der Waals surface area (Å²) in [5, 5.41) is 0. The molecule has 0 saturated heterocycles. The normalized spacial score (nSPS) is 10.9. The van der Waals surface area contributed by atoms with Gasteiger partial charge < -0.3 is 9.64 Å². The van der Waals surface area contributed by atoms with E-state index in [2.05, 4.69) is 9.72 Å². The Balaban J connectivity index is 2.61. The number of aromatic nitrogens is 1. The first-order chi connectivity index (χ1) is 8.89. The number of likely N-dealkylation sites (N-methyl/N-ethyl adjacent to an activating group) is 1. The van der Waals surface area contributed by atoms with E-state index in [1.165, 1.54) is 7.11 Å². The van der Waals surface area contributed by atoms with Crippen LogP contribution in [0.25, 0.3) is 0 Å². The van der Waals surface area contributed by atoms with Crippen LogP contribution in [0.15, 0.2) is 24.5 Å². The van der Waals surface area contributed by atoms with Gasteiger partial charge in [-0.05, 0) is 38.0 Å². The monoisotopic (exact) mass is 264 g/mol. The summed E-state index contributed by atoms with van der Waals surface area (Å²) in [5.41, 5.74) is -0.0487. The predicted molar refractivity (Wildman–Crippen MR) is 71.4 cm³/mol. The molecular weight excluding hydrogens is 244 g/mol. The Morgan fingerprint density at radius 2 is 1.89 bits per heavy atom.